The molecule has 16 heavy (non-hydrogen) atoms. The van der Waals surface area contributed by atoms with Crippen LogP contribution in [-0.4, -0.2) is 19.3 Å². The number of alkyl halides is 1. The summed E-state index contributed by atoms with van der Waals surface area (Å²) >= 11 is 0. The molecule has 1 N–H and O–H groups in total. The van der Waals surface area contributed by atoms with Crippen molar-refractivity contribution in [2.45, 2.75) is 26.8 Å². The van der Waals surface area contributed by atoms with E-state index in [1.54, 1.807) is 0 Å². The first-order valence-electron chi connectivity index (χ1n) is 5.69. The summed E-state index contributed by atoms with van der Waals surface area (Å²) in [7, 11) is 0. The topological polar surface area (TPSA) is 21.3 Å². The predicted molar refractivity (Wildman–Crippen MR) is 65.8 cm³/mol. The van der Waals surface area contributed by atoms with Crippen LogP contribution in [0.4, 0.5) is 10.1 Å². The highest BCUT2D eigenvalue weighted by Gasteiger charge is 2.06. The third-order valence-corrected chi connectivity index (χ3v) is 2.57. The predicted octanol–water partition coefficient (Wildman–Crippen LogP) is 3.49. The number of hydrogen-bond donors (Lipinski definition) is 1. The van der Waals surface area contributed by atoms with Crippen LogP contribution in [-0.2, 0) is 0 Å². The van der Waals surface area contributed by atoms with Gasteiger partial charge in [0.2, 0.25) is 0 Å². The third kappa shape index (κ3) is 4.09. The van der Waals surface area contributed by atoms with Gasteiger partial charge in [-0.25, -0.2) is 4.39 Å². The van der Waals surface area contributed by atoms with Gasteiger partial charge in [0.1, 0.15) is 19.0 Å². The van der Waals surface area contributed by atoms with Crippen LogP contribution >= 0.6 is 0 Å². The maximum absolute atomic E-state index is 12.0. The summed E-state index contributed by atoms with van der Waals surface area (Å²) in [6.45, 7) is 6.13. The van der Waals surface area contributed by atoms with Crippen LogP contribution in [0.3, 0.4) is 0 Å². The molecule has 0 aromatic heterocycles. The van der Waals surface area contributed by atoms with Gasteiger partial charge in [-0.2, -0.15) is 0 Å². The van der Waals surface area contributed by atoms with Gasteiger partial charge in [-0.1, -0.05) is 19.9 Å². The lowest BCUT2D eigenvalue weighted by Gasteiger charge is -2.19. The van der Waals surface area contributed by atoms with E-state index in [0.29, 0.717) is 17.7 Å². The van der Waals surface area contributed by atoms with E-state index >= 15 is 0 Å². The van der Waals surface area contributed by atoms with E-state index in [0.717, 1.165) is 5.69 Å². The van der Waals surface area contributed by atoms with Crippen LogP contribution in [0.25, 0.3) is 0 Å². The van der Waals surface area contributed by atoms with Gasteiger partial charge in [0.25, 0.3) is 0 Å². The first-order valence-corrected chi connectivity index (χ1v) is 5.69. The molecule has 0 aliphatic rings. The molecular weight excluding hydrogens is 205 g/mol. The molecule has 3 heteroatoms. The van der Waals surface area contributed by atoms with Gasteiger partial charge in [0.05, 0.1) is 0 Å². The van der Waals surface area contributed by atoms with Gasteiger partial charge in [-0.3, -0.25) is 0 Å². The average Bonchev–Trinajstić information content (AvgIpc) is 2.26. The Bertz CT molecular complexity index is 315. The Balaban J connectivity index is 2.59. The van der Waals surface area contributed by atoms with Crippen molar-refractivity contribution in [1.82, 2.24) is 0 Å². The van der Waals surface area contributed by atoms with Crippen LogP contribution in [0.1, 0.15) is 20.8 Å². The Hall–Kier alpha value is -1.25. The summed E-state index contributed by atoms with van der Waals surface area (Å²) in [4.78, 5) is 0. The lowest BCUT2D eigenvalue weighted by atomic mass is 10.1. The van der Waals surface area contributed by atoms with E-state index < -0.39 is 6.67 Å². The zero-order valence-corrected chi connectivity index (χ0v) is 10.2. The van der Waals surface area contributed by atoms with Crippen molar-refractivity contribution in [2.24, 2.45) is 5.92 Å². The summed E-state index contributed by atoms with van der Waals surface area (Å²) in [5.41, 5.74) is 1.01. The third-order valence-electron chi connectivity index (χ3n) is 2.57. The quantitative estimate of drug-likeness (QED) is 0.800. The molecule has 1 atom stereocenters. The fourth-order valence-corrected chi connectivity index (χ4v) is 1.26. The minimum Gasteiger partial charge on any atom is -0.491 e. The van der Waals surface area contributed by atoms with Crippen molar-refractivity contribution in [3.8, 4) is 5.75 Å². The number of halogens is 1. The molecule has 0 heterocycles. The van der Waals surface area contributed by atoms with Gasteiger partial charge in [0, 0.05) is 17.8 Å². The Kier molecular flexibility index (Phi) is 5.09. The number of ether oxygens (including phenoxy) is 1. The van der Waals surface area contributed by atoms with Crippen molar-refractivity contribution in [1.29, 1.82) is 0 Å². The number of hydrogen-bond acceptors (Lipinski definition) is 2. The van der Waals surface area contributed by atoms with Crippen molar-refractivity contribution in [3.63, 3.8) is 0 Å². The Labute approximate surface area is 96.8 Å². The monoisotopic (exact) mass is 225 g/mol. The number of nitrogens with one attached hydrogen (secondary N) is 1. The smallest absolute Gasteiger partial charge is 0.123 e. The lowest BCUT2D eigenvalue weighted by molar-refractivity contribution is 0.273. The Morgan fingerprint density at radius 3 is 2.69 bits per heavy atom. The standard InChI is InChI=1S/C13H20FNO/c1-10(2)11(3)15-12-5-4-6-13(9-12)16-8-7-14/h4-6,9-11,15H,7-8H2,1-3H3. The molecule has 0 radical (unpaired) electrons. The molecule has 0 fully saturated rings. The lowest BCUT2D eigenvalue weighted by Crippen LogP contribution is -2.21. The number of rotatable bonds is 6. The molecule has 1 aromatic rings. The molecule has 2 nitrogen and oxygen atoms in total. The van der Waals surface area contributed by atoms with Crippen LogP contribution in [0, 0.1) is 5.92 Å². The van der Waals surface area contributed by atoms with Crippen LogP contribution in [0.15, 0.2) is 24.3 Å². The highest BCUT2D eigenvalue weighted by molar-refractivity contribution is 5.48. The maximum Gasteiger partial charge on any atom is 0.123 e. The first-order chi connectivity index (χ1) is 7.63. The van der Waals surface area contributed by atoms with Gasteiger partial charge < -0.3 is 10.1 Å². The van der Waals surface area contributed by atoms with Gasteiger partial charge in [-0.15, -0.1) is 0 Å². The molecule has 0 saturated carbocycles. The van der Waals surface area contributed by atoms with Gasteiger partial charge >= 0.3 is 0 Å². The molecule has 0 aliphatic carbocycles. The summed E-state index contributed by atoms with van der Waals surface area (Å²) in [6.07, 6.45) is 0. The summed E-state index contributed by atoms with van der Waals surface area (Å²) in [5.74, 6) is 1.27. The van der Waals surface area contributed by atoms with E-state index in [1.165, 1.54) is 0 Å². The summed E-state index contributed by atoms with van der Waals surface area (Å²) in [6, 6.07) is 8.02. The second kappa shape index (κ2) is 6.36. The maximum atomic E-state index is 12.0. The molecular formula is C13H20FNO. The van der Waals surface area contributed by atoms with Crippen LogP contribution in [0.5, 0.6) is 5.75 Å². The zero-order valence-electron chi connectivity index (χ0n) is 10.2. The van der Waals surface area contributed by atoms with E-state index in [1.807, 2.05) is 24.3 Å². The fourth-order valence-electron chi connectivity index (χ4n) is 1.26. The molecule has 1 unspecified atom stereocenters. The summed E-state index contributed by atoms with van der Waals surface area (Å²) < 4.78 is 17.2. The molecule has 0 spiro atoms. The molecule has 1 aromatic carbocycles. The van der Waals surface area contributed by atoms with E-state index in [4.69, 9.17) is 4.74 Å². The minimum atomic E-state index is -0.458. The van der Waals surface area contributed by atoms with E-state index in [-0.39, 0.29) is 6.61 Å². The first kappa shape index (κ1) is 12.8. The molecule has 0 bridgehead atoms. The van der Waals surface area contributed by atoms with Crippen molar-refractivity contribution >= 4 is 5.69 Å². The Morgan fingerprint density at radius 2 is 2.06 bits per heavy atom. The van der Waals surface area contributed by atoms with Crippen LogP contribution < -0.4 is 10.1 Å². The molecule has 0 saturated heterocycles. The normalized spacial score (nSPS) is 12.6. The Morgan fingerprint density at radius 1 is 1.31 bits per heavy atom. The molecule has 1 rings (SSSR count). The minimum absolute atomic E-state index is 0.114. The number of benzene rings is 1. The van der Waals surface area contributed by atoms with Crippen molar-refractivity contribution in [2.75, 3.05) is 18.6 Å². The fraction of sp³-hybridized carbons (Fsp3) is 0.538. The second-order valence-corrected chi connectivity index (χ2v) is 4.24. The number of anilines is 1. The van der Waals surface area contributed by atoms with Crippen LogP contribution in [0.2, 0.25) is 0 Å². The summed E-state index contributed by atoms with van der Waals surface area (Å²) in [5, 5.41) is 3.38. The molecule has 90 valence electrons. The van der Waals surface area contributed by atoms with E-state index in [2.05, 4.69) is 26.1 Å². The van der Waals surface area contributed by atoms with E-state index in [9.17, 15) is 4.39 Å². The van der Waals surface area contributed by atoms with Crippen molar-refractivity contribution < 1.29 is 9.13 Å². The highest BCUT2D eigenvalue weighted by Crippen LogP contribution is 2.19. The zero-order chi connectivity index (χ0) is 12.0. The SMILES string of the molecule is CC(C)C(C)Nc1cccc(OCCF)c1. The van der Waals surface area contributed by atoms with Gasteiger partial charge in [0.15, 0.2) is 0 Å². The van der Waals surface area contributed by atoms with Gasteiger partial charge in [-0.05, 0) is 25.0 Å². The second-order valence-electron chi connectivity index (χ2n) is 4.24. The molecule has 0 aliphatic heterocycles. The average molecular weight is 225 g/mol. The highest BCUT2D eigenvalue weighted by atomic mass is 19.1. The largest absolute Gasteiger partial charge is 0.491 e. The van der Waals surface area contributed by atoms with Crippen molar-refractivity contribution in [3.05, 3.63) is 24.3 Å². The molecule has 0 amide bonds.